The fourth-order valence-electron chi connectivity index (χ4n) is 1.56. The highest BCUT2D eigenvalue weighted by Crippen LogP contribution is 2.18. The Morgan fingerprint density at radius 2 is 1.38 bits per heavy atom. The number of halogens is 1. The topological polar surface area (TPSA) is 0 Å². The number of rotatable bonds is 2. The zero-order valence-electron chi connectivity index (χ0n) is 9.15. The Bertz CT molecular complexity index is 465. The van der Waals surface area contributed by atoms with Gasteiger partial charge in [0.15, 0.2) is 0 Å². The molecule has 1 heteroatoms. The van der Waals surface area contributed by atoms with E-state index in [1.54, 1.807) is 0 Å². The maximum absolute atomic E-state index is 6.08. The minimum atomic E-state index is 0.785. The summed E-state index contributed by atoms with van der Waals surface area (Å²) in [6.07, 6.45) is 4.14. The van der Waals surface area contributed by atoms with Crippen molar-refractivity contribution in [3.05, 3.63) is 70.2 Å². The predicted molar refractivity (Wildman–Crippen MR) is 71.6 cm³/mol. The van der Waals surface area contributed by atoms with Crippen molar-refractivity contribution in [2.24, 2.45) is 0 Å². The molecule has 0 atom stereocenters. The van der Waals surface area contributed by atoms with Crippen LogP contribution in [0.4, 0.5) is 0 Å². The molecule has 2 aromatic rings. The van der Waals surface area contributed by atoms with Crippen molar-refractivity contribution in [3.63, 3.8) is 0 Å². The van der Waals surface area contributed by atoms with Gasteiger partial charge in [0.05, 0.1) is 0 Å². The van der Waals surface area contributed by atoms with Crippen molar-refractivity contribution in [1.29, 1.82) is 0 Å². The predicted octanol–water partition coefficient (Wildman–Crippen LogP) is 4.82. The molecular weight excluding hydrogens is 216 g/mol. The van der Waals surface area contributed by atoms with Gasteiger partial charge in [-0.1, -0.05) is 66.2 Å². The second-order valence-electron chi connectivity index (χ2n) is 3.71. The van der Waals surface area contributed by atoms with Crippen LogP contribution < -0.4 is 0 Å². The van der Waals surface area contributed by atoms with Crippen molar-refractivity contribution in [3.8, 4) is 0 Å². The van der Waals surface area contributed by atoms with Gasteiger partial charge in [0.25, 0.3) is 0 Å². The average molecular weight is 229 g/mol. The van der Waals surface area contributed by atoms with E-state index in [9.17, 15) is 0 Å². The van der Waals surface area contributed by atoms with Crippen molar-refractivity contribution >= 4 is 23.8 Å². The Morgan fingerprint density at radius 1 is 0.812 bits per heavy atom. The quantitative estimate of drug-likeness (QED) is 0.647. The zero-order chi connectivity index (χ0) is 11.4. The van der Waals surface area contributed by atoms with E-state index in [4.69, 9.17) is 11.6 Å². The molecule has 0 aliphatic heterocycles. The molecule has 0 nitrogen and oxygen atoms in total. The van der Waals surface area contributed by atoms with Crippen LogP contribution in [0.25, 0.3) is 12.2 Å². The van der Waals surface area contributed by atoms with E-state index in [-0.39, 0.29) is 0 Å². The largest absolute Gasteiger partial charge is 0.0837 e. The van der Waals surface area contributed by atoms with E-state index in [1.807, 2.05) is 42.5 Å². The second-order valence-corrected chi connectivity index (χ2v) is 4.12. The SMILES string of the molecule is Cc1ccccc1/C=C\c1ccccc1Cl. The van der Waals surface area contributed by atoms with E-state index in [2.05, 4.69) is 25.1 Å². The summed E-state index contributed by atoms with van der Waals surface area (Å²) >= 11 is 6.08. The smallest absolute Gasteiger partial charge is 0.0478 e. The molecule has 2 rings (SSSR count). The summed E-state index contributed by atoms with van der Waals surface area (Å²) in [7, 11) is 0. The van der Waals surface area contributed by atoms with Crippen molar-refractivity contribution in [2.75, 3.05) is 0 Å². The average Bonchev–Trinajstić information content (AvgIpc) is 2.30. The summed E-state index contributed by atoms with van der Waals surface area (Å²) in [5, 5.41) is 0.785. The molecule has 0 bridgehead atoms. The first kappa shape index (κ1) is 11.0. The third-order valence-electron chi connectivity index (χ3n) is 2.54. The van der Waals surface area contributed by atoms with Gasteiger partial charge in [-0.15, -0.1) is 0 Å². The molecule has 0 aliphatic rings. The molecule has 0 unspecified atom stereocenters. The zero-order valence-corrected chi connectivity index (χ0v) is 9.91. The Hall–Kier alpha value is -1.53. The van der Waals surface area contributed by atoms with Crippen LogP contribution in [0.3, 0.4) is 0 Å². The normalized spacial score (nSPS) is 10.9. The number of aryl methyl sites for hydroxylation is 1. The van der Waals surface area contributed by atoms with Crippen LogP contribution in [0.5, 0.6) is 0 Å². The maximum atomic E-state index is 6.08. The van der Waals surface area contributed by atoms with E-state index in [1.165, 1.54) is 11.1 Å². The van der Waals surface area contributed by atoms with E-state index >= 15 is 0 Å². The van der Waals surface area contributed by atoms with Gasteiger partial charge in [0.1, 0.15) is 0 Å². The van der Waals surface area contributed by atoms with E-state index in [0.717, 1.165) is 10.6 Å². The molecule has 0 saturated carbocycles. The van der Waals surface area contributed by atoms with Gasteiger partial charge in [0, 0.05) is 5.02 Å². The minimum Gasteiger partial charge on any atom is -0.0837 e. The summed E-state index contributed by atoms with van der Waals surface area (Å²) in [5.41, 5.74) is 3.54. The van der Waals surface area contributed by atoms with Gasteiger partial charge in [-0.3, -0.25) is 0 Å². The molecule has 0 saturated heterocycles. The summed E-state index contributed by atoms with van der Waals surface area (Å²) in [4.78, 5) is 0. The fraction of sp³-hybridized carbons (Fsp3) is 0.0667. The summed E-state index contributed by atoms with van der Waals surface area (Å²) in [6, 6.07) is 16.1. The molecule has 0 aromatic heterocycles. The lowest BCUT2D eigenvalue weighted by Crippen LogP contribution is -1.78. The van der Waals surface area contributed by atoms with Gasteiger partial charge in [0.2, 0.25) is 0 Å². The molecule has 0 fully saturated rings. The molecular formula is C15H13Cl. The second kappa shape index (κ2) is 5.00. The first-order chi connectivity index (χ1) is 7.77. The third-order valence-corrected chi connectivity index (χ3v) is 2.88. The Labute approximate surface area is 101 Å². The Morgan fingerprint density at radius 3 is 2.06 bits per heavy atom. The standard InChI is InChI=1S/C15H13Cl/c1-12-6-2-3-7-13(12)10-11-14-8-4-5-9-15(14)16/h2-11H,1H3/b11-10-. The molecule has 0 radical (unpaired) electrons. The van der Waals surface area contributed by atoms with Crippen molar-refractivity contribution < 1.29 is 0 Å². The van der Waals surface area contributed by atoms with Crippen LogP contribution in [0.15, 0.2) is 48.5 Å². The molecule has 0 spiro atoms. The van der Waals surface area contributed by atoms with Crippen molar-refractivity contribution in [1.82, 2.24) is 0 Å². The summed E-state index contributed by atoms with van der Waals surface area (Å²) in [5.74, 6) is 0. The molecule has 0 aliphatic carbocycles. The first-order valence-electron chi connectivity index (χ1n) is 5.25. The van der Waals surface area contributed by atoms with Crippen LogP contribution in [0.1, 0.15) is 16.7 Å². The maximum Gasteiger partial charge on any atom is 0.0478 e. The number of benzene rings is 2. The minimum absolute atomic E-state index is 0.785. The molecule has 80 valence electrons. The molecule has 2 aromatic carbocycles. The van der Waals surface area contributed by atoms with Crippen LogP contribution in [0.2, 0.25) is 5.02 Å². The fourth-order valence-corrected chi connectivity index (χ4v) is 1.76. The van der Waals surface area contributed by atoms with Crippen LogP contribution in [-0.4, -0.2) is 0 Å². The molecule has 0 N–H and O–H groups in total. The van der Waals surface area contributed by atoms with E-state index in [0.29, 0.717) is 0 Å². The highest BCUT2D eigenvalue weighted by atomic mass is 35.5. The van der Waals surface area contributed by atoms with Gasteiger partial charge < -0.3 is 0 Å². The summed E-state index contributed by atoms with van der Waals surface area (Å²) in [6.45, 7) is 2.10. The highest BCUT2D eigenvalue weighted by Gasteiger charge is 1.94. The van der Waals surface area contributed by atoms with Gasteiger partial charge in [-0.25, -0.2) is 0 Å². The number of hydrogen-bond acceptors (Lipinski definition) is 0. The van der Waals surface area contributed by atoms with Crippen LogP contribution >= 0.6 is 11.6 Å². The highest BCUT2D eigenvalue weighted by molar-refractivity contribution is 6.32. The molecule has 0 amide bonds. The molecule has 0 heterocycles. The first-order valence-corrected chi connectivity index (χ1v) is 5.63. The van der Waals surface area contributed by atoms with Crippen LogP contribution in [-0.2, 0) is 0 Å². The monoisotopic (exact) mass is 228 g/mol. The van der Waals surface area contributed by atoms with E-state index < -0.39 is 0 Å². The lowest BCUT2D eigenvalue weighted by molar-refractivity contribution is 1.45. The Kier molecular flexibility index (Phi) is 3.43. The lowest BCUT2D eigenvalue weighted by atomic mass is 10.1. The molecule has 16 heavy (non-hydrogen) atoms. The van der Waals surface area contributed by atoms with Gasteiger partial charge in [-0.2, -0.15) is 0 Å². The van der Waals surface area contributed by atoms with Crippen molar-refractivity contribution in [2.45, 2.75) is 6.92 Å². The van der Waals surface area contributed by atoms with Gasteiger partial charge >= 0.3 is 0 Å². The number of hydrogen-bond donors (Lipinski definition) is 0. The van der Waals surface area contributed by atoms with Gasteiger partial charge in [-0.05, 0) is 29.7 Å². The lowest BCUT2D eigenvalue weighted by Gasteiger charge is -2.00. The van der Waals surface area contributed by atoms with Crippen LogP contribution in [0, 0.1) is 6.92 Å². The summed E-state index contributed by atoms with van der Waals surface area (Å²) < 4.78 is 0. The Balaban J connectivity index is 2.29. The third kappa shape index (κ3) is 2.53.